The molecular formula is C23H21FN4O2S. The summed E-state index contributed by atoms with van der Waals surface area (Å²) >= 11 is 0. The van der Waals surface area contributed by atoms with Gasteiger partial charge in [-0.05, 0) is 55.7 Å². The topological polar surface area (TPSA) is 76.9 Å². The van der Waals surface area contributed by atoms with E-state index in [4.69, 9.17) is 0 Å². The van der Waals surface area contributed by atoms with E-state index < -0.39 is 10.0 Å². The first-order valence-corrected chi connectivity index (χ1v) is 11.7. The number of nitrogens with one attached hydrogen (secondary N) is 1. The molecule has 2 heterocycles. The fraction of sp³-hybridized carbons (Fsp3) is 0.217. The Balaban J connectivity index is 1.68. The molecule has 1 aliphatic carbocycles. The summed E-state index contributed by atoms with van der Waals surface area (Å²) in [4.78, 5) is 9.25. The third-order valence-electron chi connectivity index (χ3n) is 5.28. The predicted octanol–water partition coefficient (Wildman–Crippen LogP) is 4.50. The minimum atomic E-state index is -3.72. The molecule has 1 fully saturated rings. The molecule has 6 nitrogen and oxygen atoms in total. The van der Waals surface area contributed by atoms with Crippen molar-refractivity contribution in [2.75, 3.05) is 5.32 Å². The van der Waals surface area contributed by atoms with Crippen molar-refractivity contribution in [3.8, 4) is 11.4 Å². The Hall–Kier alpha value is -3.26. The van der Waals surface area contributed by atoms with Crippen molar-refractivity contribution >= 4 is 26.9 Å². The molecule has 0 atom stereocenters. The van der Waals surface area contributed by atoms with Gasteiger partial charge in [0.1, 0.15) is 11.6 Å². The van der Waals surface area contributed by atoms with Crippen molar-refractivity contribution in [2.45, 2.75) is 31.6 Å². The van der Waals surface area contributed by atoms with E-state index in [1.165, 1.54) is 16.1 Å². The van der Waals surface area contributed by atoms with Gasteiger partial charge in [-0.15, -0.1) is 0 Å². The number of hydrogen-bond donors (Lipinski definition) is 1. The molecule has 8 heteroatoms. The highest BCUT2D eigenvalue weighted by molar-refractivity contribution is 7.89. The summed E-state index contributed by atoms with van der Waals surface area (Å²) in [5, 5.41) is 4.05. The molecule has 31 heavy (non-hydrogen) atoms. The van der Waals surface area contributed by atoms with Crippen molar-refractivity contribution in [3.63, 3.8) is 0 Å². The van der Waals surface area contributed by atoms with Gasteiger partial charge in [0.25, 0.3) is 0 Å². The minimum absolute atomic E-state index is 0.139. The lowest BCUT2D eigenvalue weighted by atomic mass is 10.2. The van der Waals surface area contributed by atoms with Crippen molar-refractivity contribution in [3.05, 3.63) is 77.7 Å². The van der Waals surface area contributed by atoms with Crippen LogP contribution in [-0.2, 0) is 15.8 Å². The molecular weight excluding hydrogens is 415 g/mol. The first-order chi connectivity index (χ1) is 14.9. The summed E-state index contributed by atoms with van der Waals surface area (Å²) in [6, 6.07) is 17.1. The van der Waals surface area contributed by atoms with E-state index in [1.54, 1.807) is 37.3 Å². The first kappa shape index (κ1) is 19.7. The maximum Gasteiger partial charge on any atom is 0.244 e. The number of nitrogens with zero attached hydrogens (tertiary/aromatic N) is 3. The number of halogens is 1. The summed E-state index contributed by atoms with van der Waals surface area (Å²) in [7, 11) is -3.72. The van der Waals surface area contributed by atoms with Gasteiger partial charge in [-0.25, -0.2) is 26.7 Å². The van der Waals surface area contributed by atoms with E-state index in [0.29, 0.717) is 45.5 Å². The van der Waals surface area contributed by atoms with Crippen LogP contribution in [0.15, 0.2) is 60.7 Å². The van der Waals surface area contributed by atoms with Crippen molar-refractivity contribution < 1.29 is 12.8 Å². The largest absolute Gasteiger partial charge is 0.367 e. The van der Waals surface area contributed by atoms with Crippen LogP contribution < -0.4 is 5.32 Å². The molecule has 158 valence electrons. The lowest BCUT2D eigenvalue weighted by Gasteiger charge is -2.12. The number of fused-ring (bicyclic) bond motifs is 1. The van der Waals surface area contributed by atoms with Crippen LogP contribution in [0.4, 0.5) is 10.2 Å². The molecule has 0 bridgehead atoms. The Labute approximate surface area is 179 Å². The van der Waals surface area contributed by atoms with E-state index in [2.05, 4.69) is 15.3 Å². The van der Waals surface area contributed by atoms with Gasteiger partial charge in [0, 0.05) is 17.3 Å². The third kappa shape index (κ3) is 3.90. The van der Waals surface area contributed by atoms with Gasteiger partial charge in [-0.3, -0.25) is 0 Å². The molecule has 2 aromatic carbocycles. The fourth-order valence-corrected chi connectivity index (χ4v) is 5.28. The molecule has 4 aromatic rings. The second-order valence-electron chi connectivity index (χ2n) is 7.85. The van der Waals surface area contributed by atoms with Gasteiger partial charge < -0.3 is 5.32 Å². The Morgan fingerprint density at radius 3 is 2.45 bits per heavy atom. The second-order valence-corrected chi connectivity index (χ2v) is 9.67. The lowest BCUT2D eigenvalue weighted by molar-refractivity contribution is 0.587. The van der Waals surface area contributed by atoms with Crippen LogP contribution in [-0.4, -0.2) is 28.4 Å². The number of benzene rings is 2. The molecule has 0 unspecified atom stereocenters. The van der Waals surface area contributed by atoms with Crippen LogP contribution in [0.2, 0.25) is 0 Å². The van der Waals surface area contributed by atoms with Crippen LogP contribution >= 0.6 is 0 Å². The summed E-state index contributed by atoms with van der Waals surface area (Å²) in [6.07, 6.45) is 2.09. The lowest BCUT2D eigenvalue weighted by Crippen LogP contribution is -2.17. The minimum Gasteiger partial charge on any atom is -0.367 e. The Morgan fingerprint density at radius 1 is 1.06 bits per heavy atom. The Morgan fingerprint density at radius 2 is 1.77 bits per heavy atom. The van der Waals surface area contributed by atoms with E-state index in [9.17, 15) is 12.8 Å². The smallest absolute Gasteiger partial charge is 0.244 e. The monoisotopic (exact) mass is 436 g/mol. The SMILES string of the molecule is Cc1cc2c(NC3CC3)nc(-c3ccc(F)cc3)nc2n1S(=O)(=O)Cc1ccccc1. The maximum atomic E-state index is 13.4. The first-order valence-electron chi connectivity index (χ1n) is 10.1. The molecule has 0 spiro atoms. The zero-order chi connectivity index (χ0) is 21.6. The van der Waals surface area contributed by atoms with E-state index >= 15 is 0 Å². The average Bonchev–Trinajstić information content (AvgIpc) is 3.48. The standard InChI is InChI=1S/C23H21FN4O2S/c1-15-13-20-22(25-19-11-12-19)26-21(17-7-9-18(24)10-8-17)27-23(20)28(15)31(29,30)14-16-5-3-2-4-6-16/h2-10,13,19H,11-12,14H2,1H3,(H,25,26,27). The van der Waals surface area contributed by atoms with Crippen LogP contribution in [0.5, 0.6) is 0 Å². The van der Waals surface area contributed by atoms with E-state index in [1.807, 2.05) is 18.2 Å². The van der Waals surface area contributed by atoms with E-state index in [-0.39, 0.29) is 11.6 Å². The van der Waals surface area contributed by atoms with Gasteiger partial charge in [0.2, 0.25) is 10.0 Å². The maximum absolute atomic E-state index is 13.4. The van der Waals surface area contributed by atoms with Gasteiger partial charge in [0.05, 0.1) is 11.1 Å². The molecule has 0 amide bonds. The summed E-state index contributed by atoms with van der Waals surface area (Å²) < 4.78 is 41.4. The molecule has 1 saturated carbocycles. The van der Waals surface area contributed by atoms with Crippen molar-refractivity contribution in [2.24, 2.45) is 0 Å². The molecule has 0 saturated heterocycles. The van der Waals surface area contributed by atoms with E-state index in [0.717, 1.165) is 12.8 Å². The number of aryl methyl sites for hydroxylation is 1. The average molecular weight is 437 g/mol. The molecule has 1 aliphatic rings. The van der Waals surface area contributed by atoms with Gasteiger partial charge in [-0.1, -0.05) is 30.3 Å². The number of aromatic nitrogens is 3. The Kier molecular flexibility index (Phi) is 4.74. The number of hydrogen-bond acceptors (Lipinski definition) is 5. The summed E-state index contributed by atoms with van der Waals surface area (Å²) in [5.74, 6) is 0.457. The zero-order valence-electron chi connectivity index (χ0n) is 16.9. The van der Waals surface area contributed by atoms with Crippen LogP contribution in [0.25, 0.3) is 22.4 Å². The highest BCUT2D eigenvalue weighted by Crippen LogP contribution is 2.33. The van der Waals surface area contributed by atoms with Crippen LogP contribution in [0.1, 0.15) is 24.1 Å². The van der Waals surface area contributed by atoms with Crippen LogP contribution in [0.3, 0.4) is 0 Å². The quantitative estimate of drug-likeness (QED) is 0.482. The van der Waals surface area contributed by atoms with Crippen LogP contribution in [0, 0.1) is 12.7 Å². The van der Waals surface area contributed by atoms with Crippen molar-refractivity contribution in [1.29, 1.82) is 0 Å². The molecule has 1 N–H and O–H groups in total. The second kappa shape index (κ2) is 7.46. The molecule has 0 radical (unpaired) electrons. The highest BCUT2D eigenvalue weighted by Gasteiger charge is 2.27. The molecule has 0 aliphatic heterocycles. The van der Waals surface area contributed by atoms with Gasteiger partial charge in [0.15, 0.2) is 11.5 Å². The third-order valence-corrected chi connectivity index (χ3v) is 7.00. The van der Waals surface area contributed by atoms with Gasteiger partial charge >= 0.3 is 0 Å². The normalized spacial score (nSPS) is 14.1. The highest BCUT2D eigenvalue weighted by atomic mass is 32.2. The number of anilines is 1. The molecule has 5 rings (SSSR count). The fourth-order valence-electron chi connectivity index (χ4n) is 3.64. The predicted molar refractivity (Wildman–Crippen MR) is 119 cm³/mol. The number of rotatable bonds is 6. The summed E-state index contributed by atoms with van der Waals surface area (Å²) in [5.41, 5.74) is 2.21. The summed E-state index contributed by atoms with van der Waals surface area (Å²) in [6.45, 7) is 1.75. The molecule has 2 aromatic heterocycles. The zero-order valence-corrected chi connectivity index (χ0v) is 17.7. The Bertz CT molecular complexity index is 1360. The van der Waals surface area contributed by atoms with Crippen molar-refractivity contribution in [1.82, 2.24) is 13.9 Å². The van der Waals surface area contributed by atoms with Gasteiger partial charge in [-0.2, -0.15) is 0 Å².